The van der Waals surface area contributed by atoms with Crippen LogP contribution in [-0.2, 0) is 4.79 Å². The van der Waals surface area contributed by atoms with Crippen LogP contribution in [-0.4, -0.2) is 48.0 Å². The number of thioether (sulfide) groups is 1. The summed E-state index contributed by atoms with van der Waals surface area (Å²) < 4.78 is 0. The van der Waals surface area contributed by atoms with Crippen molar-refractivity contribution in [2.75, 3.05) is 25.1 Å². The molecule has 0 aromatic rings. The third kappa shape index (κ3) is 5.30. The van der Waals surface area contributed by atoms with E-state index in [4.69, 9.17) is 0 Å². The summed E-state index contributed by atoms with van der Waals surface area (Å²) in [4.78, 5) is 14.1. The quantitative estimate of drug-likeness (QED) is 0.792. The van der Waals surface area contributed by atoms with Gasteiger partial charge < -0.3 is 10.2 Å². The lowest BCUT2D eigenvalue weighted by molar-refractivity contribution is -0.132. The highest BCUT2D eigenvalue weighted by molar-refractivity contribution is 7.98. The van der Waals surface area contributed by atoms with Gasteiger partial charge in [0, 0.05) is 30.8 Å². The predicted octanol–water partition coefficient (Wildman–Crippen LogP) is 2.12. The van der Waals surface area contributed by atoms with Crippen molar-refractivity contribution in [2.24, 2.45) is 0 Å². The van der Waals surface area contributed by atoms with Crippen LogP contribution in [0.15, 0.2) is 0 Å². The highest BCUT2D eigenvalue weighted by Crippen LogP contribution is 2.12. The van der Waals surface area contributed by atoms with E-state index >= 15 is 0 Å². The molecule has 100 valence electrons. The maximum absolute atomic E-state index is 12.1. The van der Waals surface area contributed by atoms with Crippen LogP contribution in [0.25, 0.3) is 0 Å². The number of hydrogen-bond donors (Lipinski definition) is 1. The molecule has 0 aliphatic carbocycles. The lowest BCUT2D eigenvalue weighted by atomic mass is 10.0. The van der Waals surface area contributed by atoms with E-state index in [1.807, 2.05) is 4.90 Å². The second-order valence-corrected chi connectivity index (χ2v) is 6.02. The monoisotopic (exact) mass is 258 g/mol. The Bertz CT molecular complexity index is 227. The van der Waals surface area contributed by atoms with Crippen molar-refractivity contribution >= 4 is 17.7 Å². The Labute approximate surface area is 110 Å². The van der Waals surface area contributed by atoms with Crippen molar-refractivity contribution in [2.45, 2.75) is 51.6 Å². The molecule has 1 unspecified atom stereocenters. The van der Waals surface area contributed by atoms with Gasteiger partial charge in [0.1, 0.15) is 0 Å². The summed E-state index contributed by atoms with van der Waals surface area (Å²) in [5.74, 6) is 1.24. The molecule has 1 N–H and O–H groups in total. The van der Waals surface area contributed by atoms with Gasteiger partial charge in [-0.1, -0.05) is 6.42 Å². The fraction of sp³-hybridized carbons (Fsp3) is 0.923. The Morgan fingerprint density at radius 3 is 2.76 bits per heavy atom. The summed E-state index contributed by atoms with van der Waals surface area (Å²) in [6.07, 6.45) is 6.50. The number of carbonyl (C=O) groups excluding carboxylic acids is 1. The molecule has 0 spiro atoms. The molecule has 0 aromatic heterocycles. The Hall–Kier alpha value is -0.220. The molecule has 1 amide bonds. The van der Waals surface area contributed by atoms with Crippen molar-refractivity contribution in [1.82, 2.24) is 10.2 Å². The largest absolute Gasteiger partial charge is 0.339 e. The minimum atomic E-state index is 0.307. The zero-order valence-electron chi connectivity index (χ0n) is 11.4. The topological polar surface area (TPSA) is 32.3 Å². The van der Waals surface area contributed by atoms with Gasteiger partial charge in [-0.15, -0.1) is 0 Å². The first-order valence-electron chi connectivity index (χ1n) is 6.67. The Morgan fingerprint density at radius 1 is 1.47 bits per heavy atom. The zero-order chi connectivity index (χ0) is 12.7. The number of nitrogens with zero attached hydrogens (tertiary/aromatic N) is 1. The van der Waals surface area contributed by atoms with Gasteiger partial charge in [0.25, 0.3) is 0 Å². The van der Waals surface area contributed by atoms with Crippen molar-refractivity contribution in [1.29, 1.82) is 0 Å². The normalized spacial score (nSPS) is 20.6. The van der Waals surface area contributed by atoms with E-state index in [-0.39, 0.29) is 0 Å². The van der Waals surface area contributed by atoms with Crippen LogP contribution < -0.4 is 5.32 Å². The van der Waals surface area contributed by atoms with Gasteiger partial charge in [0.05, 0.1) is 0 Å². The summed E-state index contributed by atoms with van der Waals surface area (Å²) in [6.45, 7) is 6.21. The summed E-state index contributed by atoms with van der Waals surface area (Å²) in [6, 6.07) is 0.817. The SMILES string of the molecule is CSCCC(=O)N(CC1CCCCN1)C(C)C. The number of carbonyl (C=O) groups is 1. The van der Waals surface area contributed by atoms with E-state index < -0.39 is 0 Å². The average molecular weight is 258 g/mol. The maximum atomic E-state index is 12.1. The second kappa shape index (κ2) is 7.98. The summed E-state index contributed by atoms with van der Waals surface area (Å²) in [5, 5.41) is 3.52. The fourth-order valence-corrected chi connectivity index (χ4v) is 2.63. The average Bonchev–Trinajstić information content (AvgIpc) is 2.34. The Kier molecular flexibility index (Phi) is 6.97. The number of nitrogens with one attached hydrogen (secondary N) is 1. The lowest BCUT2D eigenvalue weighted by Crippen LogP contribution is -2.48. The molecule has 1 fully saturated rings. The molecule has 0 saturated carbocycles. The van der Waals surface area contributed by atoms with Gasteiger partial charge in [0.15, 0.2) is 0 Å². The third-order valence-corrected chi connectivity index (χ3v) is 3.91. The molecule has 1 rings (SSSR count). The maximum Gasteiger partial charge on any atom is 0.223 e. The van der Waals surface area contributed by atoms with Gasteiger partial charge in [0.2, 0.25) is 5.91 Å². The van der Waals surface area contributed by atoms with Gasteiger partial charge in [-0.25, -0.2) is 0 Å². The number of rotatable bonds is 6. The van der Waals surface area contributed by atoms with Gasteiger partial charge in [-0.3, -0.25) is 4.79 Å². The molecule has 1 aliphatic heterocycles. The first-order valence-corrected chi connectivity index (χ1v) is 8.06. The van der Waals surface area contributed by atoms with E-state index in [1.165, 1.54) is 19.3 Å². The molecule has 4 heteroatoms. The molecule has 1 saturated heterocycles. The predicted molar refractivity (Wildman–Crippen MR) is 75.5 cm³/mol. The van der Waals surface area contributed by atoms with Gasteiger partial charge in [-0.05, 0) is 39.5 Å². The van der Waals surface area contributed by atoms with E-state index in [0.29, 0.717) is 24.4 Å². The van der Waals surface area contributed by atoms with Crippen molar-refractivity contribution < 1.29 is 4.79 Å². The third-order valence-electron chi connectivity index (χ3n) is 3.29. The zero-order valence-corrected chi connectivity index (χ0v) is 12.2. The molecule has 1 heterocycles. The summed E-state index contributed by atoms with van der Waals surface area (Å²) in [5.41, 5.74) is 0. The molecule has 0 bridgehead atoms. The molecule has 0 aromatic carbocycles. The Balaban J connectivity index is 2.43. The first-order chi connectivity index (χ1) is 8.15. The number of piperidine rings is 1. The van der Waals surface area contributed by atoms with Crippen molar-refractivity contribution in [3.8, 4) is 0 Å². The highest BCUT2D eigenvalue weighted by Gasteiger charge is 2.22. The van der Waals surface area contributed by atoms with Crippen LogP contribution in [0.5, 0.6) is 0 Å². The highest BCUT2D eigenvalue weighted by atomic mass is 32.2. The minimum Gasteiger partial charge on any atom is -0.339 e. The van der Waals surface area contributed by atoms with Crippen molar-refractivity contribution in [3.63, 3.8) is 0 Å². The smallest absolute Gasteiger partial charge is 0.223 e. The standard InChI is InChI=1S/C13H26N2OS/c1-11(2)15(13(16)7-9-17-3)10-12-6-4-5-8-14-12/h11-12,14H,4-10H2,1-3H3. The van der Waals surface area contributed by atoms with Crippen LogP contribution in [0.4, 0.5) is 0 Å². The molecule has 1 aliphatic rings. The van der Waals surface area contributed by atoms with E-state index in [0.717, 1.165) is 18.8 Å². The van der Waals surface area contributed by atoms with Gasteiger partial charge >= 0.3 is 0 Å². The molecule has 0 radical (unpaired) electrons. The van der Waals surface area contributed by atoms with Gasteiger partial charge in [-0.2, -0.15) is 11.8 Å². The van der Waals surface area contributed by atoms with E-state index in [9.17, 15) is 4.79 Å². The molecule has 17 heavy (non-hydrogen) atoms. The molecular formula is C13H26N2OS. The number of amides is 1. The number of hydrogen-bond acceptors (Lipinski definition) is 3. The summed E-state index contributed by atoms with van der Waals surface area (Å²) in [7, 11) is 0. The van der Waals surface area contributed by atoms with Crippen LogP contribution >= 0.6 is 11.8 Å². The molecule has 1 atom stereocenters. The first kappa shape index (κ1) is 14.8. The second-order valence-electron chi connectivity index (χ2n) is 5.03. The van der Waals surface area contributed by atoms with E-state index in [2.05, 4.69) is 25.4 Å². The fourth-order valence-electron chi connectivity index (χ4n) is 2.25. The lowest BCUT2D eigenvalue weighted by Gasteiger charge is -2.33. The van der Waals surface area contributed by atoms with E-state index in [1.54, 1.807) is 11.8 Å². The summed E-state index contributed by atoms with van der Waals surface area (Å²) >= 11 is 1.74. The van der Waals surface area contributed by atoms with Crippen LogP contribution in [0.3, 0.4) is 0 Å². The Morgan fingerprint density at radius 2 is 2.24 bits per heavy atom. The van der Waals surface area contributed by atoms with Crippen LogP contribution in [0.2, 0.25) is 0 Å². The molecule has 3 nitrogen and oxygen atoms in total. The van der Waals surface area contributed by atoms with Crippen molar-refractivity contribution in [3.05, 3.63) is 0 Å². The van der Waals surface area contributed by atoms with Crippen LogP contribution in [0, 0.1) is 0 Å². The minimum absolute atomic E-state index is 0.307. The molecular weight excluding hydrogens is 232 g/mol. The van der Waals surface area contributed by atoms with Crippen LogP contribution in [0.1, 0.15) is 39.5 Å².